The van der Waals surface area contributed by atoms with Crippen molar-refractivity contribution in [1.82, 2.24) is 4.98 Å². The van der Waals surface area contributed by atoms with Crippen LogP contribution in [0.1, 0.15) is 41.3 Å². The summed E-state index contributed by atoms with van der Waals surface area (Å²) in [7, 11) is 1.63. The Hall–Kier alpha value is -2.88. The fraction of sp³-hybridized carbons (Fsp3) is 0.273. The molecule has 0 fully saturated rings. The fourth-order valence-electron chi connectivity index (χ4n) is 3.07. The number of hydrogen-bond acceptors (Lipinski definition) is 4. The molecule has 0 unspecified atom stereocenters. The van der Waals surface area contributed by atoms with Crippen LogP contribution in [-0.4, -0.2) is 17.9 Å². The predicted octanol–water partition coefficient (Wildman–Crippen LogP) is 5.59. The maximum atomic E-state index is 12.7. The SMILES string of the molecule is CCCC(=O)c1cnc2c(OC)cccc2c1Nc1cc(C)ccc1C. The molecule has 0 bridgehead atoms. The van der Waals surface area contributed by atoms with Crippen molar-refractivity contribution in [2.45, 2.75) is 33.6 Å². The third-order valence-electron chi connectivity index (χ3n) is 4.51. The lowest BCUT2D eigenvalue weighted by Crippen LogP contribution is -2.06. The molecule has 1 aromatic heterocycles. The topological polar surface area (TPSA) is 51.2 Å². The van der Waals surface area contributed by atoms with Crippen LogP contribution in [0.3, 0.4) is 0 Å². The van der Waals surface area contributed by atoms with Gasteiger partial charge in [-0.1, -0.05) is 31.2 Å². The molecule has 1 heterocycles. The van der Waals surface area contributed by atoms with Crippen molar-refractivity contribution in [3.63, 3.8) is 0 Å². The molecule has 0 aliphatic rings. The van der Waals surface area contributed by atoms with E-state index < -0.39 is 0 Å². The van der Waals surface area contributed by atoms with E-state index in [1.54, 1.807) is 13.3 Å². The zero-order chi connectivity index (χ0) is 18.7. The van der Waals surface area contributed by atoms with E-state index in [2.05, 4.69) is 42.3 Å². The Morgan fingerprint density at radius 3 is 2.73 bits per heavy atom. The van der Waals surface area contributed by atoms with Gasteiger partial charge >= 0.3 is 0 Å². The maximum Gasteiger partial charge on any atom is 0.166 e. The highest BCUT2D eigenvalue weighted by molar-refractivity contribution is 6.09. The number of ketones is 1. The van der Waals surface area contributed by atoms with Gasteiger partial charge in [0, 0.05) is 23.7 Å². The molecule has 26 heavy (non-hydrogen) atoms. The summed E-state index contributed by atoms with van der Waals surface area (Å²) in [5.74, 6) is 0.790. The number of rotatable bonds is 6. The van der Waals surface area contributed by atoms with Crippen LogP contribution in [0, 0.1) is 13.8 Å². The molecule has 4 nitrogen and oxygen atoms in total. The molecule has 0 saturated heterocycles. The third kappa shape index (κ3) is 3.40. The number of benzene rings is 2. The van der Waals surface area contributed by atoms with Gasteiger partial charge in [-0.3, -0.25) is 9.78 Å². The number of pyridine rings is 1. The van der Waals surface area contributed by atoms with Crippen molar-refractivity contribution < 1.29 is 9.53 Å². The highest BCUT2D eigenvalue weighted by atomic mass is 16.5. The Morgan fingerprint density at radius 1 is 1.19 bits per heavy atom. The van der Waals surface area contributed by atoms with Crippen LogP contribution in [-0.2, 0) is 0 Å². The van der Waals surface area contributed by atoms with E-state index >= 15 is 0 Å². The Morgan fingerprint density at radius 2 is 2.00 bits per heavy atom. The predicted molar refractivity (Wildman–Crippen MR) is 107 cm³/mol. The summed E-state index contributed by atoms with van der Waals surface area (Å²) in [6.45, 7) is 6.12. The maximum absolute atomic E-state index is 12.7. The number of nitrogens with zero attached hydrogens (tertiary/aromatic N) is 1. The smallest absolute Gasteiger partial charge is 0.166 e. The van der Waals surface area contributed by atoms with Crippen LogP contribution in [0.2, 0.25) is 0 Å². The molecule has 0 atom stereocenters. The average molecular weight is 348 g/mol. The van der Waals surface area contributed by atoms with Crippen LogP contribution in [0.15, 0.2) is 42.6 Å². The molecule has 0 aliphatic carbocycles. The highest BCUT2D eigenvalue weighted by Gasteiger charge is 2.17. The molecular formula is C22H24N2O2. The second-order valence-corrected chi connectivity index (χ2v) is 6.52. The van der Waals surface area contributed by atoms with Gasteiger partial charge in [0.25, 0.3) is 0 Å². The summed E-state index contributed by atoms with van der Waals surface area (Å²) in [6.07, 6.45) is 2.97. The average Bonchev–Trinajstić information content (AvgIpc) is 2.64. The first-order valence-electron chi connectivity index (χ1n) is 8.88. The first kappa shape index (κ1) is 17.9. The lowest BCUT2D eigenvalue weighted by molar-refractivity contribution is 0.0982. The number of ether oxygens (including phenoxy) is 1. The van der Waals surface area contributed by atoms with Crippen LogP contribution in [0.5, 0.6) is 5.75 Å². The van der Waals surface area contributed by atoms with Gasteiger partial charge in [0.15, 0.2) is 5.78 Å². The summed E-state index contributed by atoms with van der Waals surface area (Å²) in [6, 6.07) is 12.0. The van der Waals surface area contributed by atoms with Gasteiger partial charge in [-0.15, -0.1) is 0 Å². The number of para-hydroxylation sites is 1. The zero-order valence-electron chi connectivity index (χ0n) is 15.7. The normalized spacial score (nSPS) is 10.8. The van der Waals surface area contributed by atoms with Crippen molar-refractivity contribution in [3.05, 3.63) is 59.3 Å². The van der Waals surface area contributed by atoms with Gasteiger partial charge in [-0.25, -0.2) is 0 Å². The first-order valence-corrected chi connectivity index (χ1v) is 8.88. The second kappa shape index (κ2) is 7.56. The lowest BCUT2D eigenvalue weighted by atomic mass is 10.0. The van der Waals surface area contributed by atoms with Crippen molar-refractivity contribution >= 4 is 28.1 Å². The largest absolute Gasteiger partial charge is 0.494 e. The van der Waals surface area contributed by atoms with Gasteiger partial charge in [-0.2, -0.15) is 0 Å². The quantitative estimate of drug-likeness (QED) is 0.590. The third-order valence-corrected chi connectivity index (χ3v) is 4.51. The molecule has 4 heteroatoms. The fourth-order valence-corrected chi connectivity index (χ4v) is 3.07. The van der Waals surface area contributed by atoms with E-state index in [9.17, 15) is 4.79 Å². The standard InChI is InChI=1S/C22H24N2O2/c1-5-7-19(25)17-13-23-22-16(8-6-9-20(22)26-4)21(17)24-18-12-14(2)10-11-15(18)3/h6,8-13H,5,7H2,1-4H3,(H,23,24). The summed E-state index contributed by atoms with van der Waals surface area (Å²) >= 11 is 0. The minimum absolute atomic E-state index is 0.0949. The van der Waals surface area contributed by atoms with Crippen LogP contribution in [0.4, 0.5) is 11.4 Å². The van der Waals surface area contributed by atoms with E-state index in [-0.39, 0.29) is 5.78 Å². The van der Waals surface area contributed by atoms with Gasteiger partial charge < -0.3 is 10.1 Å². The molecular weight excluding hydrogens is 324 g/mol. The number of hydrogen-bond donors (Lipinski definition) is 1. The van der Waals surface area contributed by atoms with Crippen LogP contribution < -0.4 is 10.1 Å². The number of aryl methyl sites for hydroxylation is 2. The van der Waals surface area contributed by atoms with E-state index in [4.69, 9.17) is 4.74 Å². The Bertz CT molecular complexity index is 964. The molecule has 0 radical (unpaired) electrons. The van der Waals surface area contributed by atoms with E-state index in [0.717, 1.165) is 39.8 Å². The number of nitrogens with one attached hydrogen (secondary N) is 1. The van der Waals surface area contributed by atoms with Gasteiger partial charge in [-0.05, 0) is 43.5 Å². The number of methoxy groups -OCH3 is 1. The number of carbonyl (C=O) groups is 1. The molecule has 2 aromatic carbocycles. The number of aromatic nitrogens is 1. The molecule has 0 saturated carbocycles. The second-order valence-electron chi connectivity index (χ2n) is 6.52. The summed E-state index contributed by atoms with van der Waals surface area (Å²) in [5, 5.41) is 4.38. The molecule has 3 aromatic rings. The molecule has 0 spiro atoms. The minimum Gasteiger partial charge on any atom is -0.494 e. The van der Waals surface area contributed by atoms with Gasteiger partial charge in [0.1, 0.15) is 11.3 Å². The van der Waals surface area contributed by atoms with Crippen molar-refractivity contribution in [1.29, 1.82) is 0 Å². The van der Waals surface area contributed by atoms with E-state index in [0.29, 0.717) is 17.7 Å². The van der Waals surface area contributed by atoms with Gasteiger partial charge in [0.2, 0.25) is 0 Å². The summed E-state index contributed by atoms with van der Waals surface area (Å²) < 4.78 is 5.45. The van der Waals surface area contributed by atoms with Crippen LogP contribution >= 0.6 is 0 Å². The molecule has 1 N–H and O–H groups in total. The van der Waals surface area contributed by atoms with Crippen molar-refractivity contribution in [3.8, 4) is 5.75 Å². The number of carbonyl (C=O) groups excluding carboxylic acids is 1. The first-order chi connectivity index (χ1) is 12.5. The Labute approximate surface area is 154 Å². The Kier molecular flexibility index (Phi) is 5.21. The minimum atomic E-state index is 0.0949. The number of fused-ring (bicyclic) bond motifs is 1. The van der Waals surface area contributed by atoms with Crippen molar-refractivity contribution in [2.75, 3.05) is 12.4 Å². The summed E-state index contributed by atoms with van der Waals surface area (Å²) in [4.78, 5) is 17.2. The molecule has 0 amide bonds. The van der Waals surface area contributed by atoms with E-state index in [1.807, 2.05) is 25.1 Å². The number of Topliss-reactive ketones (excluding diaryl/α,β-unsaturated/α-hetero) is 1. The van der Waals surface area contributed by atoms with Gasteiger partial charge in [0.05, 0.1) is 18.4 Å². The Balaban J connectivity index is 2.23. The lowest BCUT2D eigenvalue weighted by Gasteiger charge is -2.17. The highest BCUT2D eigenvalue weighted by Crippen LogP contribution is 2.35. The van der Waals surface area contributed by atoms with E-state index in [1.165, 1.54) is 0 Å². The molecule has 0 aliphatic heterocycles. The monoisotopic (exact) mass is 348 g/mol. The molecule has 3 rings (SSSR count). The van der Waals surface area contributed by atoms with Crippen molar-refractivity contribution in [2.24, 2.45) is 0 Å². The summed E-state index contributed by atoms with van der Waals surface area (Å²) in [5.41, 5.74) is 5.43. The zero-order valence-corrected chi connectivity index (χ0v) is 15.7. The van der Waals surface area contributed by atoms with Crippen LogP contribution in [0.25, 0.3) is 10.9 Å². The molecule has 134 valence electrons. The number of anilines is 2.